The summed E-state index contributed by atoms with van der Waals surface area (Å²) < 4.78 is 10.2. The van der Waals surface area contributed by atoms with Crippen molar-refractivity contribution in [1.29, 1.82) is 0 Å². The zero-order chi connectivity index (χ0) is 18.9. The van der Waals surface area contributed by atoms with Crippen LogP contribution in [0.2, 0.25) is 0 Å². The summed E-state index contributed by atoms with van der Waals surface area (Å²) in [4.78, 5) is 3.88. The highest BCUT2D eigenvalue weighted by Gasteiger charge is 2.28. The van der Waals surface area contributed by atoms with Crippen LogP contribution in [0.25, 0.3) is 17.3 Å². The molecule has 0 saturated carbocycles. The number of benzene rings is 1. The van der Waals surface area contributed by atoms with Gasteiger partial charge in [0.1, 0.15) is 0 Å². The van der Waals surface area contributed by atoms with Crippen molar-refractivity contribution in [1.82, 2.24) is 19.2 Å². The molecule has 1 atom stereocenters. The van der Waals surface area contributed by atoms with Crippen LogP contribution in [-0.4, -0.2) is 25.8 Å². The lowest BCUT2D eigenvalue weighted by Gasteiger charge is -2.23. The third-order valence-electron chi connectivity index (χ3n) is 5.15. The molecule has 1 saturated heterocycles. The molecule has 0 spiro atoms. The lowest BCUT2D eigenvalue weighted by atomic mass is 10.2. The van der Waals surface area contributed by atoms with Crippen molar-refractivity contribution >= 4 is 23.6 Å². The van der Waals surface area contributed by atoms with Crippen LogP contribution in [0.5, 0.6) is 0 Å². The minimum absolute atomic E-state index is 0.441. The molecule has 0 bridgehead atoms. The number of rotatable bonds is 5. The highest BCUT2D eigenvalue weighted by Crippen LogP contribution is 2.35. The molecule has 4 aromatic rings. The summed E-state index contributed by atoms with van der Waals surface area (Å²) in [6, 6.07) is 18.7. The van der Waals surface area contributed by atoms with Gasteiger partial charge in [0.05, 0.1) is 18.6 Å². The first-order valence-electron chi connectivity index (χ1n) is 9.38. The van der Waals surface area contributed by atoms with Crippen molar-refractivity contribution in [3.05, 3.63) is 75.9 Å². The number of aromatic nitrogens is 3. The third-order valence-corrected chi connectivity index (χ3v) is 6.51. The first-order chi connectivity index (χ1) is 13.8. The fraction of sp³-hybridized carbons (Fsp3) is 0.238. The molecule has 0 amide bonds. The Kier molecular flexibility index (Phi) is 4.72. The van der Waals surface area contributed by atoms with Crippen molar-refractivity contribution in [2.45, 2.75) is 25.6 Å². The zero-order valence-corrected chi connectivity index (χ0v) is 16.9. The van der Waals surface area contributed by atoms with Crippen molar-refractivity contribution in [3.8, 4) is 17.3 Å². The van der Waals surface area contributed by atoms with Gasteiger partial charge in [0.25, 0.3) is 0 Å². The van der Waals surface area contributed by atoms with E-state index in [9.17, 15) is 0 Å². The summed E-state index contributed by atoms with van der Waals surface area (Å²) in [6.07, 6.45) is 4.04. The number of thiophene rings is 1. The third kappa shape index (κ3) is 3.15. The maximum atomic E-state index is 5.84. The van der Waals surface area contributed by atoms with Crippen LogP contribution in [0.15, 0.2) is 70.7 Å². The van der Waals surface area contributed by atoms with Crippen LogP contribution in [0, 0.1) is 4.77 Å². The van der Waals surface area contributed by atoms with Crippen LogP contribution < -0.4 is 0 Å². The molecule has 1 aromatic carbocycles. The van der Waals surface area contributed by atoms with E-state index in [0.717, 1.165) is 18.1 Å². The maximum absolute atomic E-state index is 5.84. The van der Waals surface area contributed by atoms with E-state index in [-0.39, 0.29) is 0 Å². The lowest BCUT2D eigenvalue weighted by molar-refractivity contribution is 0.192. The Morgan fingerprint density at radius 1 is 1.11 bits per heavy atom. The van der Waals surface area contributed by atoms with Gasteiger partial charge in [-0.25, -0.2) is 4.68 Å². The molecule has 28 heavy (non-hydrogen) atoms. The van der Waals surface area contributed by atoms with Gasteiger partial charge in [-0.2, -0.15) is 0 Å². The van der Waals surface area contributed by atoms with Crippen LogP contribution in [-0.2, 0) is 6.67 Å². The summed E-state index contributed by atoms with van der Waals surface area (Å²) >= 11 is 7.66. The highest BCUT2D eigenvalue weighted by atomic mass is 32.1. The second-order valence-corrected chi connectivity index (χ2v) is 8.23. The molecule has 4 heterocycles. The monoisotopic (exact) mass is 408 g/mol. The Morgan fingerprint density at radius 3 is 2.75 bits per heavy atom. The number of hydrogen-bond donors (Lipinski definition) is 0. The van der Waals surface area contributed by atoms with E-state index in [0.29, 0.717) is 23.2 Å². The fourth-order valence-corrected chi connectivity index (χ4v) is 5.03. The second-order valence-electron chi connectivity index (χ2n) is 6.88. The molecule has 7 heteroatoms. The second kappa shape index (κ2) is 7.50. The molecule has 3 aromatic heterocycles. The molecular weight excluding hydrogens is 388 g/mol. The quantitative estimate of drug-likeness (QED) is 0.408. The minimum Gasteiger partial charge on any atom is -0.461 e. The van der Waals surface area contributed by atoms with Crippen LogP contribution >= 0.6 is 23.6 Å². The summed E-state index contributed by atoms with van der Waals surface area (Å²) in [5.41, 5.74) is 0.987. The standard InChI is InChI=1S/C21H20N4OS2/c27-21-24(15-23-12-4-9-17(23)19-11-6-14-28-19)22-20(18-10-5-13-26-18)25(21)16-7-2-1-3-8-16/h1-3,5-8,10-11,13-14,17H,4,9,12,15H2. The first kappa shape index (κ1) is 17.6. The maximum Gasteiger partial charge on any atom is 0.204 e. The van der Waals surface area contributed by atoms with Crippen molar-refractivity contribution in [2.24, 2.45) is 0 Å². The molecular formula is C21H20N4OS2. The first-order valence-corrected chi connectivity index (χ1v) is 10.7. The summed E-state index contributed by atoms with van der Waals surface area (Å²) in [5.74, 6) is 1.44. The smallest absolute Gasteiger partial charge is 0.204 e. The van der Waals surface area contributed by atoms with E-state index < -0.39 is 0 Å². The molecule has 0 N–H and O–H groups in total. The molecule has 1 aliphatic rings. The van der Waals surface area contributed by atoms with E-state index >= 15 is 0 Å². The Labute approximate surface area is 172 Å². The lowest BCUT2D eigenvalue weighted by Crippen LogP contribution is -2.26. The average Bonchev–Trinajstić information content (AvgIpc) is 3.51. The van der Waals surface area contributed by atoms with E-state index in [4.69, 9.17) is 21.7 Å². The molecule has 0 radical (unpaired) electrons. The largest absolute Gasteiger partial charge is 0.461 e. The zero-order valence-electron chi connectivity index (χ0n) is 15.3. The average molecular weight is 409 g/mol. The van der Waals surface area contributed by atoms with Gasteiger partial charge in [-0.3, -0.25) is 9.47 Å². The van der Waals surface area contributed by atoms with Crippen LogP contribution in [0.4, 0.5) is 0 Å². The van der Waals surface area contributed by atoms with Crippen molar-refractivity contribution < 1.29 is 4.42 Å². The molecule has 5 rings (SSSR count). The van der Waals surface area contributed by atoms with Crippen LogP contribution in [0.1, 0.15) is 23.8 Å². The Balaban J connectivity index is 1.55. The SMILES string of the molecule is S=c1n(CN2CCCC2c2cccs2)nc(-c2ccco2)n1-c1ccccc1. The van der Waals surface area contributed by atoms with Crippen molar-refractivity contribution in [3.63, 3.8) is 0 Å². The van der Waals surface area contributed by atoms with Gasteiger partial charge >= 0.3 is 0 Å². The minimum atomic E-state index is 0.441. The normalized spacial score (nSPS) is 17.4. The van der Waals surface area contributed by atoms with Crippen LogP contribution in [0.3, 0.4) is 0 Å². The molecule has 1 aliphatic heterocycles. The highest BCUT2D eigenvalue weighted by molar-refractivity contribution is 7.71. The summed E-state index contributed by atoms with van der Waals surface area (Å²) in [6.45, 7) is 1.73. The van der Waals surface area contributed by atoms with Gasteiger partial charge in [-0.05, 0) is 60.8 Å². The number of hydrogen-bond acceptors (Lipinski definition) is 5. The number of nitrogens with zero attached hydrogens (tertiary/aromatic N) is 4. The molecule has 142 valence electrons. The topological polar surface area (TPSA) is 39.1 Å². The molecule has 5 nitrogen and oxygen atoms in total. The number of para-hydroxylation sites is 1. The van der Waals surface area contributed by atoms with Gasteiger partial charge in [0, 0.05) is 17.5 Å². The Morgan fingerprint density at radius 2 is 2.00 bits per heavy atom. The number of furan rings is 1. The summed E-state index contributed by atoms with van der Waals surface area (Å²) in [5, 5.41) is 7.00. The molecule has 1 unspecified atom stereocenters. The van der Waals surface area contributed by atoms with E-state index in [1.54, 1.807) is 6.26 Å². The fourth-order valence-electron chi connectivity index (χ4n) is 3.85. The van der Waals surface area contributed by atoms with Gasteiger partial charge < -0.3 is 4.42 Å². The Hall–Kier alpha value is -2.48. The predicted octanol–water partition coefficient (Wildman–Crippen LogP) is 5.52. The van der Waals surface area contributed by atoms with E-state index in [1.165, 1.54) is 17.7 Å². The summed E-state index contributed by atoms with van der Waals surface area (Å²) in [7, 11) is 0. The van der Waals surface area contributed by atoms with Crippen molar-refractivity contribution in [2.75, 3.05) is 6.54 Å². The van der Waals surface area contributed by atoms with Gasteiger partial charge in [0.15, 0.2) is 5.76 Å². The van der Waals surface area contributed by atoms with E-state index in [1.807, 2.05) is 63.1 Å². The van der Waals surface area contributed by atoms with Gasteiger partial charge in [-0.15, -0.1) is 16.4 Å². The predicted molar refractivity (Wildman–Crippen MR) is 113 cm³/mol. The Bertz CT molecular complexity index is 1100. The molecule has 1 fully saturated rings. The van der Waals surface area contributed by atoms with E-state index in [2.05, 4.69) is 22.4 Å². The molecule has 0 aliphatic carbocycles. The van der Waals surface area contributed by atoms with Gasteiger partial charge in [-0.1, -0.05) is 24.3 Å². The van der Waals surface area contributed by atoms with Gasteiger partial charge in [0.2, 0.25) is 10.6 Å². The number of likely N-dealkylation sites (tertiary alicyclic amines) is 1.